The van der Waals surface area contributed by atoms with Crippen molar-refractivity contribution in [1.29, 1.82) is 0 Å². The highest BCUT2D eigenvalue weighted by molar-refractivity contribution is 7.11. The summed E-state index contributed by atoms with van der Waals surface area (Å²) in [5, 5.41) is 4.91. The molecule has 1 aromatic heterocycles. The largest absolute Gasteiger partial charge is 0.312 e. The van der Waals surface area contributed by atoms with Crippen LogP contribution in [0.4, 0.5) is 0 Å². The zero-order valence-corrected chi connectivity index (χ0v) is 12.9. The van der Waals surface area contributed by atoms with Crippen molar-refractivity contribution in [2.45, 2.75) is 59.4 Å². The molecule has 1 heterocycles. The fraction of sp³-hybridized carbons (Fsp3) is 0.800. The second kappa shape index (κ2) is 6.16. The van der Waals surface area contributed by atoms with Crippen LogP contribution in [0.2, 0.25) is 0 Å². The number of nitrogens with one attached hydrogen (secondary N) is 1. The van der Waals surface area contributed by atoms with Gasteiger partial charge in [0.15, 0.2) is 0 Å². The molecule has 0 aromatic carbocycles. The van der Waals surface area contributed by atoms with E-state index in [4.69, 9.17) is 4.98 Å². The lowest BCUT2D eigenvalue weighted by Crippen LogP contribution is -2.14. The number of aromatic nitrogens is 1. The maximum absolute atomic E-state index is 4.92. The molecule has 2 unspecified atom stereocenters. The first-order valence-electron chi connectivity index (χ1n) is 7.31. The van der Waals surface area contributed by atoms with Crippen molar-refractivity contribution in [2.24, 2.45) is 11.8 Å². The SMILES string of the molecule is CCCNCc1sc(C2CC2C)nc1CC(C)C. The predicted octanol–water partition coefficient (Wildman–Crippen LogP) is 3.96. The molecule has 1 aromatic rings. The van der Waals surface area contributed by atoms with E-state index in [-0.39, 0.29) is 0 Å². The van der Waals surface area contributed by atoms with Crippen LogP contribution in [0, 0.1) is 11.8 Å². The average molecular weight is 266 g/mol. The second-order valence-electron chi connectivity index (χ2n) is 6.02. The van der Waals surface area contributed by atoms with E-state index in [9.17, 15) is 0 Å². The number of thiazole rings is 1. The van der Waals surface area contributed by atoms with Crippen molar-refractivity contribution in [3.63, 3.8) is 0 Å². The molecular weight excluding hydrogens is 240 g/mol. The fourth-order valence-electron chi connectivity index (χ4n) is 2.29. The standard InChI is InChI=1S/C15H26N2S/c1-5-6-16-9-14-13(7-10(2)3)17-15(18-14)12-8-11(12)4/h10-12,16H,5-9H2,1-4H3. The lowest BCUT2D eigenvalue weighted by molar-refractivity contribution is 0.621. The zero-order chi connectivity index (χ0) is 13.1. The third kappa shape index (κ3) is 3.55. The van der Waals surface area contributed by atoms with Crippen LogP contribution in [0.25, 0.3) is 0 Å². The van der Waals surface area contributed by atoms with Gasteiger partial charge in [-0.2, -0.15) is 0 Å². The summed E-state index contributed by atoms with van der Waals surface area (Å²) in [6, 6.07) is 0. The van der Waals surface area contributed by atoms with Gasteiger partial charge in [-0.1, -0.05) is 27.7 Å². The highest BCUT2D eigenvalue weighted by Gasteiger charge is 2.37. The quantitative estimate of drug-likeness (QED) is 0.756. The Labute approximate surface area is 115 Å². The smallest absolute Gasteiger partial charge is 0.0965 e. The van der Waals surface area contributed by atoms with Gasteiger partial charge in [-0.05, 0) is 37.6 Å². The maximum atomic E-state index is 4.92. The highest BCUT2D eigenvalue weighted by Crippen LogP contribution is 2.48. The summed E-state index contributed by atoms with van der Waals surface area (Å²) in [6.45, 7) is 11.2. The molecule has 18 heavy (non-hydrogen) atoms. The molecule has 3 heteroatoms. The van der Waals surface area contributed by atoms with Crippen molar-refractivity contribution in [1.82, 2.24) is 10.3 Å². The van der Waals surface area contributed by atoms with E-state index in [1.54, 1.807) is 0 Å². The van der Waals surface area contributed by atoms with Gasteiger partial charge in [-0.3, -0.25) is 0 Å². The number of nitrogens with zero attached hydrogens (tertiary/aromatic N) is 1. The molecule has 1 fully saturated rings. The van der Waals surface area contributed by atoms with Gasteiger partial charge in [0.25, 0.3) is 0 Å². The summed E-state index contributed by atoms with van der Waals surface area (Å²) in [5.74, 6) is 2.32. The van der Waals surface area contributed by atoms with Gasteiger partial charge in [0, 0.05) is 17.3 Å². The molecule has 0 amide bonds. The van der Waals surface area contributed by atoms with E-state index in [0.717, 1.165) is 31.3 Å². The molecule has 2 nitrogen and oxygen atoms in total. The van der Waals surface area contributed by atoms with Crippen LogP contribution in [0.3, 0.4) is 0 Å². The first kappa shape index (κ1) is 14.0. The van der Waals surface area contributed by atoms with Crippen LogP contribution in [0.1, 0.15) is 62.0 Å². The van der Waals surface area contributed by atoms with Crippen molar-refractivity contribution < 1.29 is 0 Å². The van der Waals surface area contributed by atoms with E-state index in [0.29, 0.717) is 5.92 Å². The van der Waals surface area contributed by atoms with Gasteiger partial charge < -0.3 is 5.32 Å². The number of hydrogen-bond acceptors (Lipinski definition) is 3. The summed E-state index contributed by atoms with van der Waals surface area (Å²) in [4.78, 5) is 6.40. The Kier molecular flexibility index (Phi) is 4.79. The predicted molar refractivity (Wildman–Crippen MR) is 79.2 cm³/mol. The highest BCUT2D eigenvalue weighted by atomic mass is 32.1. The minimum Gasteiger partial charge on any atom is -0.312 e. The van der Waals surface area contributed by atoms with E-state index in [2.05, 4.69) is 33.0 Å². The molecule has 2 atom stereocenters. The van der Waals surface area contributed by atoms with Crippen LogP contribution >= 0.6 is 11.3 Å². The summed E-state index contributed by atoms with van der Waals surface area (Å²) in [6.07, 6.45) is 3.67. The fourth-order valence-corrected chi connectivity index (χ4v) is 3.60. The Bertz CT molecular complexity index is 384. The van der Waals surface area contributed by atoms with Crippen molar-refractivity contribution in [3.8, 4) is 0 Å². The molecule has 1 aliphatic rings. The first-order valence-corrected chi connectivity index (χ1v) is 8.12. The lowest BCUT2D eigenvalue weighted by atomic mass is 10.1. The minimum absolute atomic E-state index is 0.696. The molecule has 1 N–H and O–H groups in total. The van der Waals surface area contributed by atoms with Crippen molar-refractivity contribution in [2.75, 3.05) is 6.54 Å². The first-order chi connectivity index (χ1) is 8.61. The third-order valence-corrected chi connectivity index (χ3v) is 4.76. The molecule has 0 spiro atoms. The van der Waals surface area contributed by atoms with Crippen LogP contribution in [-0.4, -0.2) is 11.5 Å². The van der Waals surface area contributed by atoms with Gasteiger partial charge in [0.2, 0.25) is 0 Å². The summed E-state index contributed by atoms with van der Waals surface area (Å²) in [5.41, 5.74) is 1.35. The van der Waals surface area contributed by atoms with Crippen LogP contribution in [0.5, 0.6) is 0 Å². The van der Waals surface area contributed by atoms with E-state index >= 15 is 0 Å². The average Bonchev–Trinajstić information content (AvgIpc) is 2.90. The molecule has 0 aliphatic heterocycles. The molecule has 1 saturated carbocycles. The van der Waals surface area contributed by atoms with Crippen LogP contribution < -0.4 is 5.32 Å². The Morgan fingerprint density at radius 1 is 1.44 bits per heavy atom. The zero-order valence-electron chi connectivity index (χ0n) is 12.1. The Hall–Kier alpha value is -0.410. The Morgan fingerprint density at radius 3 is 2.72 bits per heavy atom. The molecular formula is C15H26N2S. The molecule has 0 radical (unpaired) electrons. The number of hydrogen-bond donors (Lipinski definition) is 1. The van der Waals surface area contributed by atoms with Gasteiger partial charge >= 0.3 is 0 Å². The second-order valence-corrected chi connectivity index (χ2v) is 7.13. The monoisotopic (exact) mass is 266 g/mol. The van der Waals surface area contributed by atoms with Crippen LogP contribution in [0.15, 0.2) is 0 Å². The topological polar surface area (TPSA) is 24.9 Å². The van der Waals surface area contributed by atoms with E-state index in [1.165, 1.54) is 28.4 Å². The molecule has 2 rings (SSSR count). The Morgan fingerprint density at radius 2 is 2.17 bits per heavy atom. The summed E-state index contributed by atoms with van der Waals surface area (Å²) in [7, 11) is 0. The van der Waals surface area contributed by atoms with Crippen LogP contribution in [-0.2, 0) is 13.0 Å². The molecule has 0 bridgehead atoms. The summed E-state index contributed by atoms with van der Waals surface area (Å²) < 4.78 is 0. The van der Waals surface area contributed by atoms with Gasteiger partial charge in [-0.25, -0.2) is 4.98 Å². The molecule has 1 aliphatic carbocycles. The minimum atomic E-state index is 0.696. The lowest BCUT2D eigenvalue weighted by Gasteiger charge is -2.05. The normalized spacial score (nSPS) is 22.7. The maximum Gasteiger partial charge on any atom is 0.0965 e. The van der Waals surface area contributed by atoms with Gasteiger partial charge in [-0.15, -0.1) is 11.3 Å². The summed E-state index contributed by atoms with van der Waals surface area (Å²) >= 11 is 1.95. The third-order valence-electron chi connectivity index (χ3n) is 3.54. The molecule has 102 valence electrons. The van der Waals surface area contributed by atoms with Crippen molar-refractivity contribution in [3.05, 3.63) is 15.6 Å². The van der Waals surface area contributed by atoms with E-state index < -0.39 is 0 Å². The number of rotatable bonds is 7. The van der Waals surface area contributed by atoms with Gasteiger partial charge in [0.05, 0.1) is 10.7 Å². The Balaban J connectivity index is 2.05. The van der Waals surface area contributed by atoms with Crippen molar-refractivity contribution >= 4 is 11.3 Å². The van der Waals surface area contributed by atoms with Gasteiger partial charge in [0.1, 0.15) is 0 Å². The molecule has 0 saturated heterocycles. The van der Waals surface area contributed by atoms with E-state index in [1.807, 2.05) is 11.3 Å².